The Hall–Kier alpha value is -2.14. The van der Waals surface area contributed by atoms with E-state index in [9.17, 15) is 4.79 Å². The number of hydrogen-bond acceptors (Lipinski definition) is 3. The summed E-state index contributed by atoms with van der Waals surface area (Å²) in [7, 11) is 1.66. The molecule has 5 nitrogen and oxygen atoms in total. The van der Waals surface area contributed by atoms with Gasteiger partial charge in [0.15, 0.2) is 5.69 Å². The topological polar surface area (TPSA) is 59.0 Å². The Morgan fingerprint density at radius 1 is 1.33 bits per heavy atom. The van der Waals surface area contributed by atoms with Crippen LogP contribution in [0.2, 0.25) is 0 Å². The van der Waals surface area contributed by atoms with Gasteiger partial charge in [0, 0.05) is 30.9 Å². The number of hydrogen-bond donors (Lipinski definition) is 2. The molecule has 0 spiro atoms. The lowest BCUT2D eigenvalue weighted by Crippen LogP contribution is -2.36. The van der Waals surface area contributed by atoms with E-state index in [-0.39, 0.29) is 5.91 Å². The Balaban J connectivity index is 1.65. The van der Waals surface area contributed by atoms with Crippen LogP contribution in [-0.4, -0.2) is 35.3 Å². The number of nitrogens with zero attached hydrogens (tertiary/aromatic N) is 2. The standard InChI is InChI=1S/C19H26N4O/c1-3-23-17-10-9-15(13-16(17)18(22-23)19(24)20-2)21-12-11-14-7-5-4-6-8-14/h4-8,15,21H,3,9-13H2,1-2H3,(H,20,24)/t15-/m1/s1. The first-order chi connectivity index (χ1) is 11.7. The fourth-order valence-corrected chi connectivity index (χ4v) is 3.49. The maximum Gasteiger partial charge on any atom is 0.271 e. The van der Waals surface area contributed by atoms with Gasteiger partial charge in [0.2, 0.25) is 0 Å². The van der Waals surface area contributed by atoms with Gasteiger partial charge in [-0.2, -0.15) is 5.10 Å². The number of rotatable bonds is 6. The zero-order chi connectivity index (χ0) is 16.9. The maximum atomic E-state index is 12.1. The highest BCUT2D eigenvalue weighted by molar-refractivity contribution is 5.93. The van der Waals surface area contributed by atoms with Crippen molar-refractivity contribution in [3.63, 3.8) is 0 Å². The molecular weight excluding hydrogens is 300 g/mol. The molecule has 0 saturated carbocycles. The molecule has 128 valence electrons. The minimum absolute atomic E-state index is 0.0802. The molecule has 1 aliphatic carbocycles. The Morgan fingerprint density at radius 2 is 2.12 bits per heavy atom. The first-order valence-electron chi connectivity index (χ1n) is 8.80. The van der Waals surface area contributed by atoms with Crippen LogP contribution >= 0.6 is 0 Å². The summed E-state index contributed by atoms with van der Waals surface area (Å²) in [6.45, 7) is 3.85. The van der Waals surface area contributed by atoms with E-state index in [0.717, 1.165) is 44.3 Å². The molecule has 0 bridgehead atoms. The predicted molar refractivity (Wildman–Crippen MR) is 95.3 cm³/mol. The molecule has 1 aliphatic rings. The zero-order valence-corrected chi connectivity index (χ0v) is 14.5. The maximum absolute atomic E-state index is 12.1. The van der Waals surface area contributed by atoms with Gasteiger partial charge in [-0.3, -0.25) is 9.48 Å². The van der Waals surface area contributed by atoms with Gasteiger partial charge in [-0.05, 0) is 44.7 Å². The Kier molecular flexibility index (Phi) is 5.30. The molecule has 0 fully saturated rings. The van der Waals surface area contributed by atoms with Gasteiger partial charge in [-0.15, -0.1) is 0 Å². The van der Waals surface area contributed by atoms with Gasteiger partial charge in [-0.1, -0.05) is 30.3 Å². The third-order valence-electron chi connectivity index (χ3n) is 4.78. The number of nitrogens with one attached hydrogen (secondary N) is 2. The molecule has 24 heavy (non-hydrogen) atoms. The second-order valence-electron chi connectivity index (χ2n) is 6.30. The van der Waals surface area contributed by atoms with E-state index in [1.165, 1.54) is 11.3 Å². The van der Waals surface area contributed by atoms with E-state index in [1.54, 1.807) is 7.05 Å². The van der Waals surface area contributed by atoms with Gasteiger partial charge >= 0.3 is 0 Å². The van der Waals surface area contributed by atoms with Crippen molar-refractivity contribution in [2.75, 3.05) is 13.6 Å². The average molecular weight is 326 g/mol. The summed E-state index contributed by atoms with van der Waals surface area (Å²) in [6, 6.07) is 10.9. The molecule has 1 aromatic heterocycles. The van der Waals surface area contributed by atoms with Crippen LogP contribution in [0.3, 0.4) is 0 Å². The smallest absolute Gasteiger partial charge is 0.271 e. The Morgan fingerprint density at radius 3 is 2.83 bits per heavy atom. The second-order valence-corrected chi connectivity index (χ2v) is 6.30. The monoisotopic (exact) mass is 326 g/mol. The van der Waals surface area contributed by atoms with E-state index in [1.807, 2.05) is 10.7 Å². The van der Waals surface area contributed by atoms with Crippen molar-refractivity contribution in [3.8, 4) is 0 Å². The fourth-order valence-electron chi connectivity index (χ4n) is 3.49. The van der Waals surface area contributed by atoms with Crippen LogP contribution in [0, 0.1) is 0 Å². The number of amides is 1. The third kappa shape index (κ3) is 3.51. The highest BCUT2D eigenvalue weighted by atomic mass is 16.1. The van der Waals surface area contributed by atoms with E-state index >= 15 is 0 Å². The van der Waals surface area contributed by atoms with Crippen molar-refractivity contribution < 1.29 is 4.79 Å². The van der Waals surface area contributed by atoms with Gasteiger partial charge < -0.3 is 10.6 Å². The van der Waals surface area contributed by atoms with E-state index in [2.05, 4.69) is 46.9 Å². The lowest BCUT2D eigenvalue weighted by Gasteiger charge is -2.24. The van der Waals surface area contributed by atoms with Crippen molar-refractivity contribution in [2.24, 2.45) is 0 Å². The molecule has 1 aromatic carbocycles. The van der Waals surface area contributed by atoms with E-state index < -0.39 is 0 Å². The highest BCUT2D eigenvalue weighted by Gasteiger charge is 2.28. The van der Waals surface area contributed by atoms with Crippen LogP contribution in [0.4, 0.5) is 0 Å². The normalized spacial score (nSPS) is 16.7. The van der Waals surface area contributed by atoms with Crippen molar-refractivity contribution in [2.45, 2.75) is 45.2 Å². The third-order valence-corrected chi connectivity index (χ3v) is 4.78. The average Bonchev–Trinajstić information content (AvgIpc) is 3.00. The van der Waals surface area contributed by atoms with Crippen molar-refractivity contribution in [1.82, 2.24) is 20.4 Å². The molecule has 0 saturated heterocycles. The predicted octanol–water partition coefficient (Wildman–Crippen LogP) is 1.95. The minimum atomic E-state index is -0.0802. The Labute approximate surface area is 143 Å². The summed E-state index contributed by atoms with van der Waals surface area (Å²) in [6.07, 6.45) is 3.99. The van der Waals surface area contributed by atoms with Crippen LogP contribution < -0.4 is 10.6 Å². The molecule has 1 amide bonds. The van der Waals surface area contributed by atoms with Gasteiger partial charge in [0.1, 0.15) is 0 Å². The summed E-state index contributed by atoms with van der Waals surface area (Å²) >= 11 is 0. The van der Waals surface area contributed by atoms with Crippen LogP contribution in [0.5, 0.6) is 0 Å². The Bertz CT molecular complexity index is 693. The number of aryl methyl sites for hydroxylation is 1. The molecule has 0 aliphatic heterocycles. The molecule has 2 aromatic rings. The summed E-state index contributed by atoms with van der Waals surface area (Å²) in [5, 5.41) is 10.9. The first kappa shape index (κ1) is 16.7. The second kappa shape index (κ2) is 7.62. The van der Waals surface area contributed by atoms with Crippen LogP contribution in [0.1, 0.15) is 40.7 Å². The highest BCUT2D eigenvalue weighted by Crippen LogP contribution is 2.25. The SMILES string of the molecule is CCn1nc(C(=O)NC)c2c1CC[C@@H](NCCc1ccccc1)C2. The lowest BCUT2D eigenvalue weighted by atomic mass is 9.91. The van der Waals surface area contributed by atoms with Crippen molar-refractivity contribution in [1.29, 1.82) is 0 Å². The molecule has 3 rings (SSSR count). The number of carbonyl (C=O) groups is 1. The van der Waals surface area contributed by atoms with Gasteiger partial charge in [-0.25, -0.2) is 0 Å². The molecule has 0 radical (unpaired) electrons. The number of aromatic nitrogens is 2. The lowest BCUT2D eigenvalue weighted by molar-refractivity contribution is 0.0956. The number of carbonyl (C=O) groups excluding carboxylic acids is 1. The molecule has 2 N–H and O–H groups in total. The van der Waals surface area contributed by atoms with Crippen molar-refractivity contribution >= 4 is 5.91 Å². The minimum Gasteiger partial charge on any atom is -0.354 e. The zero-order valence-electron chi connectivity index (χ0n) is 14.5. The molecule has 5 heteroatoms. The van der Waals surface area contributed by atoms with Crippen LogP contribution in [0.25, 0.3) is 0 Å². The van der Waals surface area contributed by atoms with Crippen LogP contribution in [0.15, 0.2) is 30.3 Å². The number of fused-ring (bicyclic) bond motifs is 1. The summed E-state index contributed by atoms with van der Waals surface area (Å²) in [5.41, 5.74) is 4.31. The first-order valence-corrected chi connectivity index (χ1v) is 8.80. The largest absolute Gasteiger partial charge is 0.354 e. The summed E-state index contributed by atoms with van der Waals surface area (Å²) < 4.78 is 1.99. The summed E-state index contributed by atoms with van der Waals surface area (Å²) in [5.74, 6) is -0.0802. The fraction of sp³-hybridized carbons (Fsp3) is 0.474. The quantitative estimate of drug-likeness (QED) is 0.853. The van der Waals surface area contributed by atoms with Gasteiger partial charge in [0.05, 0.1) is 0 Å². The summed E-state index contributed by atoms with van der Waals surface area (Å²) in [4.78, 5) is 12.1. The van der Waals surface area contributed by atoms with Crippen molar-refractivity contribution in [3.05, 3.63) is 52.8 Å². The molecule has 1 heterocycles. The number of benzene rings is 1. The van der Waals surface area contributed by atoms with Crippen LogP contribution in [-0.2, 0) is 25.8 Å². The molecule has 1 atom stereocenters. The molecular formula is C19H26N4O. The van der Waals surface area contributed by atoms with Gasteiger partial charge in [0.25, 0.3) is 5.91 Å². The van der Waals surface area contributed by atoms with E-state index in [0.29, 0.717) is 11.7 Å². The van der Waals surface area contributed by atoms with E-state index in [4.69, 9.17) is 0 Å². The molecule has 0 unspecified atom stereocenters.